The topological polar surface area (TPSA) is 106 Å². The molecule has 0 aliphatic carbocycles. The van der Waals surface area contributed by atoms with Crippen molar-refractivity contribution in [1.29, 1.82) is 0 Å². The lowest BCUT2D eigenvalue weighted by Gasteiger charge is -2.06. The van der Waals surface area contributed by atoms with Crippen molar-refractivity contribution in [1.82, 2.24) is 4.98 Å². The zero-order valence-corrected chi connectivity index (χ0v) is 12.6. The van der Waals surface area contributed by atoms with Gasteiger partial charge in [0.15, 0.2) is 10.8 Å². The van der Waals surface area contributed by atoms with Gasteiger partial charge in [0.05, 0.1) is 11.5 Å². The van der Waals surface area contributed by atoms with E-state index in [0.29, 0.717) is 12.4 Å². The summed E-state index contributed by atoms with van der Waals surface area (Å²) in [6.45, 7) is 2.32. The van der Waals surface area contributed by atoms with Crippen molar-refractivity contribution >= 4 is 32.5 Å². The second kappa shape index (κ2) is 6.10. The molecule has 0 atom stereocenters. The first-order valence-corrected chi connectivity index (χ1v) is 8.23. The molecule has 0 spiro atoms. The van der Waals surface area contributed by atoms with E-state index < -0.39 is 16.0 Å². The number of anilines is 1. The number of aromatic nitrogens is 1. The minimum Gasteiger partial charge on any atom is -0.494 e. The van der Waals surface area contributed by atoms with Crippen molar-refractivity contribution < 1.29 is 23.1 Å². The summed E-state index contributed by atoms with van der Waals surface area (Å²) in [5.74, 6) is -0.642. The normalized spacial score (nSPS) is 11.1. The van der Waals surface area contributed by atoms with Crippen molar-refractivity contribution in [2.24, 2.45) is 0 Å². The van der Waals surface area contributed by atoms with Gasteiger partial charge in [-0.3, -0.25) is 4.72 Å². The molecule has 7 nitrogen and oxygen atoms in total. The Morgan fingerprint density at radius 3 is 2.57 bits per heavy atom. The zero-order valence-electron chi connectivity index (χ0n) is 10.9. The fourth-order valence-electron chi connectivity index (χ4n) is 1.47. The first-order chi connectivity index (χ1) is 9.92. The molecule has 0 amide bonds. The Balaban J connectivity index is 2.18. The number of carboxylic acids is 1. The predicted octanol–water partition coefficient (Wildman–Crippen LogP) is 2.04. The highest BCUT2D eigenvalue weighted by Crippen LogP contribution is 2.21. The average Bonchev–Trinajstić information content (AvgIpc) is 2.88. The lowest BCUT2D eigenvalue weighted by atomic mass is 10.3. The lowest BCUT2D eigenvalue weighted by Crippen LogP contribution is -2.13. The number of nitrogens with one attached hydrogen (secondary N) is 1. The van der Waals surface area contributed by atoms with Crippen molar-refractivity contribution in [2.45, 2.75) is 11.8 Å². The smallest absolute Gasteiger partial charge is 0.355 e. The van der Waals surface area contributed by atoms with Gasteiger partial charge in [-0.25, -0.2) is 18.2 Å². The number of thiazole rings is 1. The molecule has 2 N–H and O–H groups in total. The first-order valence-electron chi connectivity index (χ1n) is 5.87. The third-order valence-corrected chi connectivity index (χ3v) is 4.63. The second-order valence-corrected chi connectivity index (χ2v) is 6.39. The summed E-state index contributed by atoms with van der Waals surface area (Å²) >= 11 is 0.904. The maximum Gasteiger partial charge on any atom is 0.355 e. The van der Waals surface area contributed by atoms with E-state index in [9.17, 15) is 13.2 Å². The SMILES string of the molecule is CCOc1ccc(S(=O)(=O)Nc2nc(C(=O)O)cs2)cc1. The summed E-state index contributed by atoms with van der Waals surface area (Å²) in [6, 6.07) is 5.89. The van der Waals surface area contributed by atoms with Gasteiger partial charge < -0.3 is 9.84 Å². The van der Waals surface area contributed by atoms with Crippen LogP contribution < -0.4 is 9.46 Å². The van der Waals surface area contributed by atoms with Crippen LogP contribution in [0.5, 0.6) is 5.75 Å². The number of ether oxygens (including phenoxy) is 1. The van der Waals surface area contributed by atoms with E-state index in [1.165, 1.54) is 17.5 Å². The van der Waals surface area contributed by atoms with E-state index in [2.05, 4.69) is 9.71 Å². The van der Waals surface area contributed by atoms with Crippen LogP contribution in [0.3, 0.4) is 0 Å². The van der Waals surface area contributed by atoms with Gasteiger partial charge in [0.25, 0.3) is 10.0 Å². The predicted molar refractivity (Wildman–Crippen MR) is 77.5 cm³/mol. The van der Waals surface area contributed by atoms with Gasteiger partial charge in [-0.1, -0.05) is 0 Å². The number of nitrogens with zero attached hydrogens (tertiary/aromatic N) is 1. The molecule has 0 radical (unpaired) electrons. The Morgan fingerprint density at radius 1 is 1.38 bits per heavy atom. The van der Waals surface area contributed by atoms with E-state index >= 15 is 0 Å². The van der Waals surface area contributed by atoms with Gasteiger partial charge in [0, 0.05) is 5.38 Å². The Bertz CT molecular complexity index is 737. The maximum atomic E-state index is 12.1. The molecule has 0 aliphatic rings. The van der Waals surface area contributed by atoms with Crippen molar-refractivity contribution in [2.75, 3.05) is 11.3 Å². The van der Waals surface area contributed by atoms with E-state index in [0.717, 1.165) is 11.3 Å². The standard InChI is InChI=1S/C12H12N2O5S2/c1-2-19-8-3-5-9(6-4-8)21(17,18)14-12-13-10(7-20-12)11(15)16/h3-7H,2H2,1H3,(H,13,14)(H,15,16). The van der Waals surface area contributed by atoms with Crippen LogP contribution in [0.4, 0.5) is 5.13 Å². The summed E-state index contributed by atoms with van der Waals surface area (Å²) in [7, 11) is -3.81. The van der Waals surface area contributed by atoms with Gasteiger partial charge in [0.1, 0.15) is 5.75 Å². The van der Waals surface area contributed by atoms with Gasteiger partial charge in [-0.15, -0.1) is 11.3 Å². The number of hydrogen-bond donors (Lipinski definition) is 2. The van der Waals surface area contributed by atoms with Crippen LogP contribution in [0.2, 0.25) is 0 Å². The summed E-state index contributed by atoms with van der Waals surface area (Å²) in [5, 5.41) is 10.0. The quantitative estimate of drug-likeness (QED) is 0.840. The highest BCUT2D eigenvalue weighted by molar-refractivity contribution is 7.93. The van der Waals surface area contributed by atoms with Crippen LogP contribution in [0, 0.1) is 0 Å². The molecule has 0 fully saturated rings. The molecule has 0 unspecified atom stereocenters. The Kier molecular flexibility index (Phi) is 4.43. The number of carboxylic acid groups (broad SMARTS) is 1. The molecular weight excluding hydrogens is 316 g/mol. The molecule has 0 saturated heterocycles. The van der Waals surface area contributed by atoms with E-state index in [1.54, 1.807) is 12.1 Å². The largest absolute Gasteiger partial charge is 0.494 e. The third kappa shape index (κ3) is 3.70. The minimum absolute atomic E-state index is 0.00119. The Labute approximate surface area is 125 Å². The average molecular weight is 328 g/mol. The van der Waals surface area contributed by atoms with Crippen molar-refractivity contribution in [3.05, 3.63) is 35.3 Å². The zero-order chi connectivity index (χ0) is 15.5. The summed E-state index contributed by atoms with van der Waals surface area (Å²) in [5.41, 5.74) is -0.204. The number of benzene rings is 1. The highest BCUT2D eigenvalue weighted by Gasteiger charge is 2.17. The molecule has 1 aromatic heterocycles. The fraction of sp³-hybridized carbons (Fsp3) is 0.167. The summed E-state index contributed by atoms with van der Waals surface area (Å²) in [4.78, 5) is 14.4. The molecule has 2 aromatic rings. The van der Waals surface area contributed by atoms with Crippen LogP contribution in [0.25, 0.3) is 0 Å². The molecule has 9 heteroatoms. The van der Waals surface area contributed by atoms with Crippen LogP contribution >= 0.6 is 11.3 Å². The number of hydrogen-bond acceptors (Lipinski definition) is 6. The molecule has 0 aliphatic heterocycles. The number of aromatic carboxylic acids is 1. The lowest BCUT2D eigenvalue weighted by molar-refractivity contribution is 0.0691. The molecule has 0 saturated carbocycles. The summed E-state index contributed by atoms with van der Waals surface area (Å²) in [6.07, 6.45) is 0. The van der Waals surface area contributed by atoms with Gasteiger partial charge in [-0.2, -0.15) is 0 Å². The Morgan fingerprint density at radius 2 is 2.05 bits per heavy atom. The molecule has 1 aromatic carbocycles. The molecule has 2 rings (SSSR count). The number of sulfonamides is 1. The van der Waals surface area contributed by atoms with Crippen LogP contribution in [0.15, 0.2) is 34.5 Å². The fourth-order valence-corrected chi connectivity index (χ4v) is 3.41. The monoisotopic (exact) mass is 328 g/mol. The van der Waals surface area contributed by atoms with Gasteiger partial charge in [0.2, 0.25) is 0 Å². The second-order valence-electron chi connectivity index (χ2n) is 3.85. The first kappa shape index (κ1) is 15.3. The van der Waals surface area contributed by atoms with E-state index in [4.69, 9.17) is 9.84 Å². The van der Waals surface area contributed by atoms with Crippen LogP contribution in [-0.4, -0.2) is 31.1 Å². The third-order valence-electron chi connectivity index (χ3n) is 2.39. The van der Waals surface area contributed by atoms with Crippen LogP contribution in [0.1, 0.15) is 17.4 Å². The van der Waals surface area contributed by atoms with E-state index in [1.807, 2.05) is 6.92 Å². The number of rotatable bonds is 6. The van der Waals surface area contributed by atoms with Gasteiger partial charge >= 0.3 is 5.97 Å². The van der Waals surface area contributed by atoms with Gasteiger partial charge in [-0.05, 0) is 31.2 Å². The summed E-state index contributed by atoms with van der Waals surface area (Å²) < 4.78 is 31.7. The Hall–Kier alpha value is -2.13. The minimum atomic E-state index is -3.81. The highest BCUT2D eigenvalue weighted by atomic mass is 32.2. The molecule has 1 heterocycles. The van der Waals surface area contributed by atoms with Crippen molar-refractivity contribution in [3.63, 3.8) is 0 Å². The maximum absolute atomic E-state index is 12.1. The van der Waals surface area contributed by atoms with Crippen LogP contribution in [-0.2, 0) is 10.0 Å². The molecule has 21 heavy (non-hydrogen) atoms. The molecule has 112 valence electrons. The molecular formula is C12H12N2O5S2. The van der Waals surface area contributed by atoms with E-state index in [-0.39, 0.29) is 15.7 Å². The van der Waals surface area contributed by atoms with Crippen molar-refractivity contribution in [3.8, 4) is 5.75 Å². The number of carbonyl (C=O) groups is 1. The molecule has 0 bridgehead atoms.